The molecule has 1 fully saturated rings. The Morgan fingerprint density at radius 3 is 2.48 bits per heavy atom. The minimum atomic E-state index is -0.208. The number of aromatic nitrogens is 2. The van der Waals surface area contributed by atoms with E-state index in [9.17, 15) is 4.79 Å². The summed E-state index contributed by atoms with van der Waals surface area (Å²) in [5.41, 5.74) is 3.53. The van der Waals surface area contributed by atoms with Crippen LogP contribution >= 0.6 is 0 Å². The van der Waals surface area contributed by atoms with Gasteiger partial charge in [-0.25, -0.2) is 9.97 Å². The first-order valence-electron chi connectivity index (χ1n) is 9.02. The van der Waals surface area contributed by atoms with E-state index in [1.807, 2.05) is 32.0 Å². The molecule has 1 amide bonds. The monoisotopic (exact) mass is 338 g/mol. The molecule has 1 aliphatic carbocycles. The average Bonchev–Trinajstić information content (AvgIpc) is 2.58. The molecule has 1 heterocycles. The predicted molar refractivity (Wildman–Crippen MR) is 101 cm³/mol. The van der Waals surface area contributed by atoms with Gasteiger partial charge in [-0.15, -0.1) is 0 Å². The van der Waals surface area contributed by atoms with E-state index >= 15 is 0 Å². The molecule has 25 heavy (non-hydrogen) atoms. The van der Waals surface area contributed by atoms with Crippen LogP contribution < -0.4 is 10.6 Å². The van der Waals surface area contributed by atoms with Crippen LogP contribution in [0.5, 0.6) is 0 Å². The number of rotatable bonds is 4. The van der Waals surface area contributed by atoms with Crippen LogP contribution in [0.4, 0.5) is 11.5 Å². The van der Waals surface area contributed by atoms with Crippen LogP contribution in [0.15, 0.2) is 24.3 Å². The largest absolute Gasteiger partial charge is 0.367 e. The SMILES string of the molecule is Cc1nc(NC2CCCCC2)cc(C(=O)Nc2ccc(C)c(C)c2)n1. The van der Waals surface area contributed by atoms with Gasteiger partial charge in [-0.2, -0.15) is 0 Å². The first-order chi connectivity index (χ1) is 12.0. The summed E-state index contributed by atoms with van der Waals surface area (Å²) in [6.45, 7) is 5.91. The molecule has 2 N–H and O–H groups in total. The number of anilines is 2. The lowest BCUT2D eigenvalue weighted by atomic mass is 9.95. The zero-order chi connectivity index (χ0) is 17.8. The lowest BCUT2D eigenvalue weighted by Crippen LogP contribution is -2.24. The topological polar surface area (TPSA) is 66.9 Å². The number of carbonyl (C=O) groups excluding carboxylic acids is 1. The van der Waals surface area contributed by atoms with E-state index < -0.39 is 0 Å². The third-order valence-electron chi connectivity index (χ3n) is 4.79. The maximum Gasteiger partial charge on any atom is 0.274 e. The zero-order valence-electron chi connectivity index (χ0n) is 15.2. The molecule has 0 spiro atoms. The Balaban J connectivity index is 1.74. The Morgan fingerprint density at radius 2 is 1.76 bits per heavy atom. The van der Waals surface area contributed by atoms with Crippen molar-refractivity contribution in [2.75, 3.05) is 10.6 Å². The predicted octanol–water partition coefficient (Wildman–Crippen LogP) is 4.40. The van der Waals surface area contributed by atoms with Crippen molar-refractivity contribution in [1.82, 2.24) is 9.97 Å². The minimum Gasteiger partial charge on any atom is -0.367 e. The number of hydrogen-bond acceptors (Lipinski definition) is 4. The molecule has 2 aromatic rings. The Hall–Kier alpha value is -2.43. The van der Waals surface area contributed by atoms with Gasteiger partial charge in [0.1, 0.15) is 17.3 Å². The number of carbonyl (C=O) groups is 1. The second-order valence-electron chi connectivity index (χ2n) is 6.92. The summed E-state index contributed by atoms with van der Waals surface area (Å²) < 4.78 is 0. The van der Waals surface area contributed by atoms with E-state index in [4.69, 9.17) is 0 Å². The fraction of sp³-hybridized carbons (Fsp3) is 0.450. The Kier molecular flexibility index (Phi) is 5.31. The molecule has 5 heteroatoms. The number of amides is 1. The summed E-state index contributed by atoms with van der Waals surface area (Å²) in [6, 6.07) is 8.08. The van der Waals surface area contributed by atoms with E-state index in [-0.39, 0.29) is 5.91 Å². The van der Waals surface area contributed by atoms with Gasteiger partial charge in [-0.1, -0.05) is 25.3 Å². The molecule has 3 rings (SSSR count). The molecule has 1 aromatic carbocycles. The highest BCUT2D eigenvalue weighted by Crippen LogP contribution is 2.21. The molecule has 0 unspecified atom stereocenters. The maximum atomic E-state index is 12.6. The number of nitrogens with zero attached hydrogens (tertiary/aromatic N) is 2. The Bertz CT molecular complexity index is 766. The standard InChI is InChI=1S/C20H26N4O/c1-13-9-10-17(11-14(13)2)24-20(25)18-12-19(22-15(3)21-18)23-16-7-5-4-6-8-16/h9-12,16H,4-8H2,1-3H3,(H,24,25)(H,21,22,23). The number of aryl methyl sites for hydroxylation is 3. The molecule has 0 atom stereocenters. The average molecular weight is 338 g/mol. The normalized spacial score (nSPS) is 15.0. The van der Waals surface area contributed by atoms with E-state index in [0.29, 0.717) is 17.6 Å². The summed E-state index contributed by atoms with van der Waals surface area (Å²) in [7, 11) is 0. The Labute approximate surface area is 149 Å². The summed E-state index contributed by atoms with van der Waals surface area (Å²) in [5.74, 6) is 1.14. The van der Waals surface area contributed by atoms with Crippen molar-refractivity contribution in [2.45, 2.75) is 58.9 Å². The van der Waals surface area contributed by atoms with Gasteiger partial charge in [0.2, 0.25) is 0 Å². The molecule has 5 nitrogen and oxygen atoms in total. The molecule has 0 aliphatic heterocycles. The van der Waals surface area contributed by atoms with Crippen molar-refractivity contribution in [2.24, 2.45) is 0 Å². The second-order valence-corrected chi connectivity index (χ2v) is 6.92. The van der Waals surface area contributed by atoms with Crippen LogP contribution in [0.1, 0.15) is 59.5 Å². The first kappa shape index (κ1) is 17.4. The fourth-order valence-electron chi connectivity index (χ4n) is 3.23. The van der Waals surface area contributed by atoms with Crippen molar-refractivity contribution in [3.63, 3.8) is 0 Å². The maximum absolute atomic E-state index is 12.6. The highest BCUT2D eigenvalue weighted by atomic mass is 16.1. The van der Waals surface area contributed by atoms with Crippen LogP contribution in [0.2, 0.25) is 0 Å². The van der Waals surface area contributed by atoms with Gasteiger partial charge in [-0.05, 0) is 56.9 Å². The first-order valence-corrected chi connectivity index (χ1v) is 9.02. The van der Waals surface area contributed by atoms with Crippen LogP contribution in [-0.4, -0.2) is 21.9 Å². The summed E-state index contributed by atoms with van der Waals surface area (Å²) in [4.78, 5) is 21.3. The molecular weight excluding hydrogens is 312 g/mol. The molecule has 132 valence electrons. The molecule has 0 saturated heterocycles. The van der Waals surface area contributed by atoms with Crippen LogP contribution in [0.25, 0.3) is 0 Å². The minimum absolute atomic E-state index is 0.208. The Morgan fingerprint density at radius 1 is 1.00 bits per heavy atom. The van der Waals surface area contributed by atoms with Gasteiger partial charge in [0, 0.05) is 17.8 Å². The fourth-order valence-corrected chi connectivity index (χ4v) is 3.23. The van der Waals surface area contributed by atoms with Gasteiger partial charge in [0.15, 0.2) is 0 Å². The summed E-state index contributed by atoms with van der Waals surface area (Å²) in [6.07, 6.45) is 6.13. The number of benzene rings is 1. The van der Waals surface area contributed by atoms with Gasteiger partial charge >= 0.3 is 0 Å². The summed E-state index contributed by atoms with van der Waals surface area (Å²) >= 11 is 0. The van der Waals surface area contributed by atoms with Crippen molar-refractivity contribution in [3.05, 3.63) is 46.9 Å². The zero-order valence-corrected chi connectivity index (χ0v) is 15.2. The summed E-state index contributed by atoms with van der Waals surface area (Å²) in [5, 5.41) is 6.39. The molecule has 1 aromatic heterocycles. The smallest absolute Gasteiger partial charge is 0.274 e. The molecular formula is C20H26N4O. The van der Waals surface area contributed by atoms with Gasteiger partial charge in [0.25, 0.3) is 5.91 Å². The number of hydrogen-bond donors (Lipinski definition) is 2. The van der Waals surface area contributed by atoms with Gasteiger partial charge in [-0.3, -0.25) is 4.79 Å². The van der Waals surface area contributed by atoms with Crippen molar-refractivity contribution < 1.29 is 4.79 Å². The van der Waals surface area contributed by atoms with Crippen molar-refractivity contribution >= 4 is 17.4 Å². The van der Waals surface area contributed by atoms with Crippen LogP contribution in [-0.2, 0) is 0 Å². The van der Waals surface area contributed by atoms with Crippen LogP contribution in [0.3, 0.4) is 0 Å². The molecule has 0 radical (unpaired) electrons. The van der Waals surface area contributed by atoms with Gasteiger partial charge in [0.05, 0.1) is 0 Å². The van der Waals surface area contributed by atoms with Gasteiger partial charge < -0.3 is 10.6 Å². The van der Waals surface area contributed by atoms with E-state index in [0.717, 1.165) is 29.9 Å². The third-order valence-corrected chi connectivity index (χ3v) is 4.79. The highest BCUT2D eigenvalue weighted by Gasteiger charge is 2.16. The number of nitrogens with one attached hydrogen (secondary N) is 2. The molecule has 1 saturated carbocycles. The second kappa shape index (κ2) is 7.64. The quantitative estimate of drug-likeness (QED) is 0.867. The van der Waals surface area contributed by atoms with E-state index in [2.05, 4.69) is 27.5 Å². The molecule has 1 aliphatic rings. The highest BCUT2D eigenvalue weighted by molar-refractivity contribution is 6.03. The van der Waals surface area contributed by atoms with Crippen molar-refractivity contribution in [3.8, 4) is 0 Å². The third kappa shape index (κ3) is 4.56. The molecule has 0 bridgehead atoms. The lowest BCUT2D eigenvalue weighted by Gasteiger charge is -2.23. The van der Waals surface area contributed by atoms with Crippen molar-refractivity contribution in [1.29, 1.82) is 0 Å². The lowest BCUT2D eigenvalue weighted by molar-refractivity contribution is 0.102. The van der Waals surface area contributed by atoms with E-state index in [1.54, 1.807) is 6.07 Å². The van der Waals surface area contributed by atoms with E-state index in [1.165, 1.54) is 24.8 Å². The van der Waals surface area contributed by atoms with Crippen LogP contribution in [0, 0.1) is 20.8 Å².